The van der Waals surface area contributed by atoms with Crippen LogP contribution >= 0.6 is 0 Å². The van der Waals surface area contributed by atoms with Gasteiger partial charge in [-0.2, -0.15) is 0 Å². The first-order chi connectivity index (χ1) is 8.00. The maximum absolute atomic E-state index is 12.3. The van der Waals surface area contributed by atoms with Crippen LogP contribution < -0.4 is 5.73 Å². The van der Waals surface area contributed by atoms with Gasteiger partial charge in [0.1, 0.15) is 5.82 Å². The Kier molecular flexibility index (Phi) is 3.02. The lowest BCUT2D eigenvalue weighted by molar-refractivity contribution is -0.0370. The van der Waals surface area contributed by atoms with E-state index < -0.39 is 0 Å². The molecule has 5 heteroatoms. The van der Waals surface area contributed by atoms with Crippen LogP contribution in [0.2, 0.25) is 0 Å². The predicted octanol–water partition coefficient (Wildman–Crippen LogP) is 0.915. The van der Waals surface area contributed by atoms with Gasteiger partial charge in [0.2, 0.25) is 0 Å². The zero-order chi connectivity index (χ0) is 12.5. The van der Waals surface area contributed by atoms with Gasteiger partial charge in [0.25, 0.3) is 5.91 Å². The summed E-state index contributed by atoms with van der Waals surface area (Å²) in [6, 6.07) is 3.34. The van der Waals surface area contributed by atoms with E-state index in [4.69, 9.17) is 10.5 Å². The lowest BCUT2D eigenvalue weighted by atomic mass is 10.0. The molecule has 1 aliphatic rings. The molecule has 0 radical (unpaired) electrons. The quantitative estimate of drug-likeness (QED) is 0.785. The number of anilines is 1. The minimum Gasteiger partial charge on any atom is -0.384 e. The third-order valence-corrected chi connectivity index (χ3v) is 2.92. The maximum Gasteiger partial charge on any atom is 0.256 e. The molecule has 2 heterocycles. The highest BCUT2D eigenvalue weighted by molar-refractivity contribution is 5.94. The minimum atomic E-state index is -0.281. The number of nitrogens with two attached hydrogens (primary N) is 1. The lowest BCUT2D eigenvalue weighted by Gasteiger charge is -2.42. The Labute approximate surface area is 101 Å². The van der Waals surface area contributed by atoms with Crippen LogP contribution in [0.15, 0.2) is 18.3 Å². The van der Waals surface area contributed by atoms with Gasteiger partial charge in [-0.1, -0.05) is 0 Å². The Morgan fingerprint density at radius 3 is 2.88 bits per heavy atom. The summed E-state index contributed by atoms with van der Waals surface area (Å²) in [5.41, 5.74) is 5.79. The Morgan fingerprint density at radius 1 is 1.53 bits per heavy atom. The number of aromatic nitrogens is 1. The summed E-state index contributed by atoms with van der Waals surface area (Å²) in [7, 11) is 0. The van der Waals surface area contributed by atoms with Crippen LogP contribution in [0.25, 0.3) is 0 Å². The van der Waals surface area contributed by atoms with Crippen molar-refractivity contribution in [3.8, 4) is 0 Å². The largest absolute Gasteiger partial charge is 0.384 e. The number of nitrogen functional groups attached to an aromatic ring is 1. The Bertz CT molecular complexity index is 414. The Hall–Kier alpha value is -1.62. The van der Waals surface area contributed by atoms with Crippen molar-refractivity contribution in [2.24, 2.45) is 0 Å². The molecule has 0 spiro atoms. The van der Waals surface area contributed by atoms with Crippen LogP contribution in [0.3, 0.4) is 0 Å². The van der Waals surface area contributed by atoms with Gasteiger partial charge in [-0.15, -0.1) is 0 Å². The van der Waals surface area contributed by atoms with E-state index in [0.717, 1.165) is 0 Å². The second-order valence-corrected chi connectivity index (χ2v) is 4.79. The number of morpholine rings is 1. The minimum absolute atomic E-state index is 0.0224. The van der Waals surface area contributed by atoms with E-state index in [-0.39, 0.29) is 11.4 Å². The number of pyridine rings is 1. The van der Waals surface area contributed by atoms with Crippen LogP contribution in [0.5, 0.6) is 0 Å². The molecule has 17 heavy (non-hydrogen) atoms. The predicted molar refractivity (Wildman–Crippen MR) is 64.6 cm³/mol. The van der Waals surface area contributed by atoms with Crippen molar-refractivity contribution in [3.63, 3.8) is 0 Å². The average Bonchev–Trinajstić information content (AvgIpc) is 2.28. The van der Waals surface area contributed by atoms with Crippen LogP contribution in [0.1, 0.15) is 24.2 Å². The monoisotopic (exact) mass is 235 g/mol. The molecular formula is C12H17N3O2. The lowest BCUT2D eigenvalue weighted by Crippen LogP contribution is -2.55. The number of hydrogen-bond acceptors (Lipinski definition) is 4. The summed E-state index contributed by atoms with van der Waals surface area (Å²) in [5, 5.41) is 0. The van der Waals surface area contributed by atoms with Crippen LogP contribution in [0.4, 0.5) is 5.82 Å². The summed E-state index contributed by atoms with van der Waals surface area (Å²) >= 11 is 0. The first kappa shape index (κ1) is 11.9. The van der Waals surface area contributed by atoms with Crippen molar-refractivity contribution in [3.05, 3.63) is 23.9 Å². The second-order valence-electron chi connectivity index (χ2n) is 4.79. The first-order valence-electron chi connectivity index (χ1n) is 5.62. The van der Waals surface area contributed by atoms with E-state index in [1.165, 1.54) is 6.20 Å². The van der Waals surface area contributed by atoms with Crippen molar-refractivity contribution in [2.45, 2.75) is 19.4 Å². The van der Waals surface area contributed by atoms with Crippen LogP contribution in [-0.2, 0) is 4.74 Å². The van der Waals surface area contributed by atoms with Gasteiger partial charge >= 0.3 is 0 Å². The van der Waals surface area contributed by atoms with Gasteiger partial charge in [0.15, 0.2) is 0 Å². The fourth-order valence-corrected chi connectivity index (χ4v) is 1.92. The summed E-state index contributed by atoms with van der Waals surface area (Å²) in [6.07, 6.45) is 1.52. The molecule has 0 saturated carbocycles. The highest BCUT2D eigenvalue weighted by Crippen LogP contribution is 2.21. The van der Waals surface area contributed by atoms with Crippen molar-refractivity contribution < 1.29 is 9.53 Å². The molecule has 92 valence electrons. The third kappa shape index (κ3) is 2.39. The number of ether oxygens (including phenoxy) is 1. The molecule has 1 aliphatic heterocycles. The number of rotatable bonds is 1. The number of nitrogens with zero attached hydrogens (tertiary/aromatic N) is 2. The van der Waals surface area contributed by atoms with E-state index in [1.54, 1.807) is 12.1 Å². The van der Waals surface area contributed by atoms with Crippen LogP contribution in [0, 0.1) is 0 Å². The van der Waals surface area contributed by atoms with E-state index in [9.17, 15) is 4.79 Å². The molecule has 5 nitrogen and oxygen atoms in total. The van der Waals surface area contributed by atoms with E-state index in [1.807, 2.05) is 18.7 Å². The molecule has 0 aliphatic carbocycles. The molecule has 1 aromatic heterocycles. The van der Waals surface area contributed by atoms with E-state index >= 15 is 0 Å². The van der Waals surface area contributed by atoms with Gasteiger partial charge in [-0.25, -0.2) is 4.98 Å². The number of carbonyl (C=O) groups excluding carboxylic acids is 1. The second kappa shape index (κ2) is 4.33. The van der Waals surface area contributed by atoms with Crippen molar-refractivity contribution in [1.82, 2.24) is 9.88 Å². The van der Waals surface area contributed by atoms with Crippen molar-refractivity contribution >= 4 is 11.7 Å². The number of hydrogen-bond donors (Lipinski definition) is 1. The Balaban J connectivity index is 2.21. The standard InChI is InChI=1S/C12H17N3O2/c1-12(2)8-17-6-5-15(12)11(16)9-3-4-10(13)14-7-9/h3-4,7H,5-6,8H2,1-2H3,(H2,13,14). The highest BCUT2D eigenvalue weighted by atomic mass is 16.5. The van der Waals surface area contributed by atoms with Gasteiger partial charge in [0, 0.05) is 12.7 Å². The highest BCUT2D eigenvalue weighted by Gasteiger charge is 2.34. The third-order valence-electron chi connectivity index (χ3n) is 2.92. The molecule has 1 saturated heterocycles. The average molecular weight is 235 g/mol. The smallest absolute Gasteiger partial charge is 0.256 e. The van der Waals surface area contributed by atoms with Gasteiger partial charge in [-0.3, -0.25) is 4.79 Å². The summed E-state index contributed by atoms with van der Waals surface area (Å²) in [5.74, 6) is 0.397. The molecule has 2 N–H and O–H groups in total. The van der Waals surface area contributed by atoms with E-state index in [2.05, 4.69) is 4.98 Å². The number of carbonyl (C=O) groups is 1. The molecule has 0 atom stereocenters. The fourth-order valence-electron chi connectivity index (χ4n) is 1.92. The van der Waals surface area contributed by atoms with Gasteiger partial charge < -0.3 is 15.4 Å². The summed E-state index contributed by atoms with van der Waals surface area (Å²) in [6.45, 7) is 5.73. The topological polar surface area (TPSA) is 68.5 Å². The van der Waals surface area contributed by atoms with Crippen molar-refractivity contribution in [2.75, 3.05) is 25.5 Å². The summed E-state index contributed by atoms with van der Waals surface area (Å²) in [4.78, 5) is 18.1. The molecule has 1 aromatic rings. The molecule has 0 bridgehead atoms. The molecule has 1 fully saturated rings. The molecule has 1 amide bonds. The zero-order valence-corrected chi connectivity index (χ0v) is 10.1. The molecular weight excluding hydrogens is 218 g/mol. The van der Waals surface area contributed by atoms with E-state index in [0.29, 0.717) is 31.1 Å². The number of amides is 1. The molecule has 2 rings (SSSR count). The van der Waals surface area contributed by atoms with Gasteiger partial charge in [0.05, 0.1) is 24.3 Å². The normalized spacial score (nSPS) is 19.1. The SMILES string of the molecule is CC1(C)COCCN1C(=O)c1ccc(N)nc1. The van der Waals surface area contributed by atoms with Crippen LogP contribution in [-0.4, -0.2) is 41.1 Å². The van der Waals surface area contributed by atoms with Crippen molar-refractivity contribution in [1.29, 1.82) is 0 Å². The molecule has 0 aromatic carbocycles. The maximum atomic E-state index is 12.3. The Morgan fingerprint density at radius 2 is 2.29 bits per heavy atom. The molecule has 0 unspecified atom stereocenters. The zero-order valence-electron chi connectivity index (χ0n) is 10.1. The fraction of sp³-hybridized carbons (Fsp3) is 0.500. The first-order valence-corrected chi connectivity index (χ1v) is 5.62. The summed E-state index contributed by atoms with van der Waals surface area (Å²) < 4.78 is 5.39. The van der Waals surface area contributed by atoms with Gasteiger partial charge in [-0.05, 0) is 26.0 Å².